The molecule has 0 saturated heterocycles. The summed E-state index contributed by atoms with van der Waals surface area (Å²) in [5, 5.41) is 2.64. The highest BCUT2D eigenvalue weighted by Gasteiger charge is 2.26. The molecule has 1 atom stereocenters. The molecule has 1 aromatic carbocycles. The van der Waals surface area contributed by atoms with Crippen molar-refractivity contribution in [2.75, 3.05) is 18.5 Å². The summed E-state index contributed by atoms with van der Waals surface area (Å²) in [6.07, 6.45) is 0.0200. The van der Waals surface area contributed by atoms with Crippen LogP contribution in [0.4, 0.5) is 10.5 Å². The Labute approximate surface area is 95.2 Å². The minimum absolute atomic E-state index is 0.0200. The SMILES string of the molecule is CNC(=O)N1C[C@@H](C)Oc2cc(C)ccc21. The number of nitrogens with one attached hydrogen (secondary N) is 1. The average Bonchev–Trinajstić information content (AvgIpc) is 2.26. The van der Waals surface area contributed by atoms with Crippen molar-refractivity contribution in [1.82, 2.24) is 5.32 Å². The van der Waals surface area contributed by atoms with Crippen LogP contribution in [0.5, 0.6) is 5.75 Å². The van der Waals surface area contributed by atoms with Crippen LogP contribution in [0.2, 0.25) is 0 Å². The smallest absolute Gasteiger partial charge is 0.321 e. The number of urea groups is 1. The fraction of sp³-hybridized carbons (Fsp3) is 0.417. The molecule has 86 valence electrons. The molecule has 0 radical (unpaired) electrons. The van der Waals surface area contributed by atoms with Crippen molar-refractivity contribution in [3.05, 3.63) is 23.8 Å². The van der Waals surface area contributed by atoms with E-state index in [2.05, 4.69) is 5.32 Å². The molecule has 1 aromatic rings. The van der Waals surface area contributed by atoms with E-state index in [0.717, 1.165) is 17.0 Å². The van der Waals surface area contributed by atoms with Gasteiger partial charge in [-0.1, -0.05) is 6.07 Å². The van der Waals surface area contributed by atoms with Gasteiger partial charge in [0.2, 0.25) is 0 Å². The van der Waals surface area contributed by atoms with Gasteiger partial charge in [0, 0.05) is 7.05 Å². The van der Waals surface area contributed by atoms with Gasteiger partial charge >= 0.3 is 6.03 Å². The van der Waals surface area contributed by atoms with E-state index in [1.165, 1.54) is 0 Å². The average molecular weight is 220 g/mol. The van der Waals surface area contributed by atoms with Gasteiger partial charge in [0.05, 0.1) is 12.2 Å². The van der Waals surface area contributed by atoms with Crippen LogP contribution in [-0.4, -0.2) is 25.7 Å². The van der Waals surface area contributed by atoms with Crippen molar-refractivity contribution in [1.29, 1.82) is 0 Å². The number of aryl methyl sites for hydroxylation is 1. The van der Waals surface area contributed by atoms with Gasteiger partial charge in [-0.2, -0.15) is 0 Å². The number of rotatable bonds is 0. The third-order valence-corrected chi connectivity index (χ3v) is 2.63. The molecule has 2 rings (SSSR count). The number of carbonyl (C=O) groups is 1. The van der Waals surface area contributed by atoms with Crippen LogP contribution in [0.25, 0.3) is 0 Å². The third kappa shape index (κ3) is 1.83. The molecule has 0 saturated carbocycles. The molecule has 16 heavy (non-hydrogen) atoms. The van der Waals surface area contributed by atoms with Gasteiger partial charge in [-0.05, 0) is 31.5 Å². The first-order valence-corrected chi connectivity index (χ1v) is 5.38. The first-order valence-electron chi connectivity index (χ1n) is 5.38. The number of benzene rings is 1. The van der Waals surface area contributed by atoms with Crippen LogP contribution in [0.1, 0.15) is 12.5 Å². The van der Waals surface area contributed by atoms with Crippen molar-refractivity contribution in [3.8, 4) is 5.75 Å². The number of fused-ring (bicyclic) bond motifs is 1. The number of hydrogen-bond donors (Lipinski definition) is 1. The van der Waals surface area contributed by atoms with Crippen LogP contribution < -0.4 is 15.0 Å². The van der Waals surface area contributed by atoms with Crippen molar-refractivity contribution in [2.24, 2.45) is 0 Å². The largest absolute Gasteiger partial charge is 0.487 e. The number of nitrogens with zero attached hydrogens (tertiary/aromatic N) is 1. The van der Waals surface area contributed by atoms with E-state index in [9.17, 15) is 4.79 Å². The topological polar surface area (TPSA) is 41.6 Å². The molecule has 0 unspecified atom stereocenters. The molecule has 1 heterocycles. The second-order valence-corrected chi connectivity index (χ2v) is 4.07. The summed E-state index contributed by atoms with van der Waals surface area (Å²) >= 11 is 0. The Kier molecular flexibility index (Phi) is 2.73. The third-order valence-electron chi connectivity index (χ3n) is 2.63. The predicted molar refractivity (Wildman–Crippen MR) is 63.1 cm³/mol. The molecule has 0 aromatic heterocycles. The second-order valence-electron chi connectivity index (χ2n) is 4.07. The lowest BCUT2D eigenvalue weighted by molar-refractivity contribution is 0.206. The van der Waals surface area contributed by atoms with Gasteiger partial charge in [0.15, 0.2) is 0 Å². The second kappa shape index (κ2) is 4.04. The van der Waals surface area contributed by atoms with Gasteiger partial charge in [-0.3, -0.25) is 4.90 Å². The quantitative estimate of drug-likeness (QED) is 0.725. The molecule has 1 aliphatic heterocycles. The Balaban J connectivity index is 2.41. The summed E-state index contributed by atoms with van der Waals surface area (Å²) in [5.74, 6) is 0.780. The fourth-order valence-corrected chi connectivity index (χ4v) is 1.88. The number of hydrogen-bond acceptors (Lipinski definition) is 2. The summed E-state index contributed by atoms with van der Waals surface area (Å²) in [7, 11) is 1.64. The Morgan fingerprint density at radius 1 is 1.56 bits per heavy atom. The lowest BCUT2D eigenvalue weighted by atomic mass is 10.1. The minimum atomic E-state index is -0.0970. The lowest BCUT2D eigenvalue weighted by Crippen LogP contribution is -2.46. The molecule has 0 aliphatic carbocycles. The maximum absolute atomic E-state index is 11.7. The minimum Gasteiger partial charge on any atom is -0.487 e. The molecule has 0 bridgehead atoms. The van der Waals surface area contributed by atoms with E-state index in [0.29, 0.717) is 6.54 Å². The first kappa shape index (κ1) is 10.8. The normalized spacial score (nSPS) is 18.7. The molecule has 0 spiro atoms. The van der Waals surface area contributed by atoms with E-state index in [1.807, 2.05) is 32.0 Å². The molecule has 0 fully saturated rings. The Morgan fingerprint density at radius 2 is 2.31 bits per heavy atom. The molecular formula is C12H16N2O2. The highest BCUT2D eigenvalue weighted by molar-refractivity contribution is 5.94. The number of amides is 2. The van der Waals surface area contributed by atoms with Gasteiger partial charge in [-0.25, -0.2) is 4.79 Å². The molecule has 1 N–H and O–H groups in total. The molecule has 2 amide bonds. The summed E-state index contributed by atoms with van der Waals surface area (Å²) in [5.41, 5.74) is 1.97. The fourth-order valence-electron chi connectivity index (χ4n) is 1.88. The lowest BCUT2D eigenvalue weighted by Gasteiger charge is -2.33. The van der Waals surface area contributed by atoms with Crippen LogP contribution in [-0.2, 0) is 0 Å². The van der Waals surface area contributed by atoms with Crippen molar-refractivity contribution in [3.63, 3.8) is 0 Å². The zero-order valence-corrected chi connectivity index (χ0v) is 9.78. The standard InChI is InChI=1S/C12H16N2O2/c1-8-4-5-10-11(6-8)16-9(2)7-14(10)12(15)13-3/h4-6,9H,7H2,1-3H3,(H,13,15)/t9-/m1/s1. The van der Waals surface area contributed by atoms with Gasteiger partial charge in [-0.15, -0.1) is 0 Å². The van der Waals surface area contributed by atoms with Gasteiger partial charge in [0.25, 0.3) is 0 Å². The maximum Gasteiger partial charge on any atom is 0.321 e. The van der Waals surface area contributed by atoms with E-state index in [1.54, 1.807) is 11.9 Å². The predicted octanol–water partition coefficient (Wildman–Crippen LogP) is 1.92. The molecular weight excluding hydrogens is 204 g/mol. The summed E-state index contributed by atoms with van der Waals surface area (Å²) in [6, 6.07) is 5.76. The maximum atomic E-state index is 11.7. The van der Waals surface area contributed by atoms with E-state index in [-0.39, 0.29) is 12.1 Å². The number of carbonyl (C=O) groups excluding carboxylic acids is 1. The summed E-state index contributed by atoms with van der Waals surface area (Å²) in [6.45, 7) is 4.55. The Morgan fingerprint density at radius 3 is 3.00 bits per heavy atom. The zero-order valence-electron chi connectivity index (χ0n) is 9.78. The van der Waals surface area contributed by atoms with Crippen molar-refractivity contribution >= 4 is 11.7 Å². The number of ether oxygens (including phenoxy) is 1. The number of anilines is 1. The molecule has 1 aliphatic rings. The highest BCUT2D eigenvalue weighted by Crippen LogP contribution is 2.34. The van der Waals surface area contributed by atoms with Crippen molar-refractivity contribution < 1.29 is 9.53 Å². The molecule has 4 heteroatoms. The Hall–Kier alpha value is -1.71. The van der Waals surface area contributed by atoms with Gasteiger partial charge < -0.3 is 10.1 Å². The van der Waals surface area contributed by atoms with Crippen LogP contribution >= 0.6 is 0 Å². The zero-order chi connectivity index (χ0) is 11.7. The van der Waals surface area contributed by atoms with Gasteiger partial charge in [0.1, 0.15) is 11.9 Å². The van der Waals surface area contributed by atoms with Crippen LogP contribution in [0, 0.1) is 6.92 Å². The Bertz CT molecular complexity index is 417. The highest BCUT2D eigenvalue weighted by atomic mass is 16.5. The van der Waals surface area contributed by atoms with E-state index in [4.69, 9.17) is 4.74 Å². The summed E-state index contributed by atoms with van der Waals surface area (Å²) < 4.78 is 5.72. The summed E-state index contributed by atoms with van der Waals surface area (Å²) in [4.78, 5) is 13.4. The van der Waals surface area contributed by atoms with Crippen molar-refractivity contribution in [2.45, 2.75) is 20.0 Å². The molecule has 4 nitrogen and oxygen atoms in total. The monoisotopic (exact) mass is 220 g/mol. The van der Waals surface area contributed by atoms with E-state index >= 15 is 0 Å². The van der Waals surface area contributed by atoms with E-state index < -0.39 is 0 Å². The van der Waals surface area contributed by atoms with Crippen LogP contribution in [0.15, 0.2) is 18.2 Å². The first-order chi connectivity index (χ1) is 7.61. The van der Waals surface area contributed by atoms with Crippen LogP contribution in [0.3, 0.4) is 0 Å².